The number of amides is 1. The first-order chi connectivity index (χ1) is 12.6. The van der Waals surface area contributed by atoms with Gasteiger partial charge in [0.25, 0.3) is 0 Å². The van der Waals surface area contributed by atoms with E-state index >= 15 is 0 Å². The maximum absolute atomic E-state index is 11.5. The molecule has 3 N–H and O–H groups in total. The molecular weight excluding hydrogens is 455 g/mol. The van der Waals surface area contributed by atoms with E-state index in [2.05, 4.69) is 37.7 Å². The van der Waals surface area contributed by atoms with Crippen molar-refractivity contribution in [2.45, 2.75) is 45.1 Å². The number of likely N-dealkylation sites (tertiary alicyclic amines) is 2. The molecule has 2 heterocycles. The number of carbonyl (C=O) groups is 1. The van der Waals surface area contributed by atoms with Crippen molar-refractivity contribution in [3.8, 4) is 0 Å². The molecule has 158 valence electrons. The Morgan fingerprint density at radius 3 is 2.26 bits per heavy atom. The van der Waals surface area contributed by atoms with Gasteiger partial charge in [0.15, 0.2) is 5.96 Å². The second-order valence-corrected chi connectivity index (χ2v) is 7.53. The lowest BCUT2D eigenvalue weighted by Crippen LogP contribution is -2.50. The Bertz CT molecular complexity index is 445. The Morgan fingerprint density at radius 2 is 1.70 bits per heavy atom. The summed E-state index contributed by atoms with van der Waals surface area (Å²) < 4.78 is 0. The highest BCUT2D eigenvalue weighted by Crippen LogP contribution is 2.19. The van der Waals surface area contributed by atoms with Crippen molar-refractivity contribution in [3.63, 3.8) is 0 Å². The van der Waals surface area contributed by atoms with Crippen LogP contribution in [-0.4, -0.2) is 87.6 Å². The SMILES string of the molecule is CCN1CCC(CCNC(=NC)NC2CCN(CC(=O)NC)CC2)CC1.I. The van der Waals surface area contributed by atoms with Crippen LogP contribution in [0.1, 0.15) is 39.0 Å². The first-order valence-electron chi connectivity index (χ1n) is 10.3. The van der Waals surface area contributed by atoms with Gasteiger partial charge in [-0.1, -0.05) is 6.92 Å². The Labute approximate surface area is 182 Å². The zero-order valence-electron chi connectivity index (χ0n) is 17.3. The molecule has 0 spiro atoms. The molecule has 7 nitrogen and oxygen atoms in total. The Hall–Kier alpha value is -0.610. The third-order valence-electron chi connectivity index (χ3n) is 5.80. The molecule has 0 aromatic heterocycles. The lowest BCUT2D eigenvalue weighted by molar-refractivity contribution is -0.122. The Morgan fingerprint density at radius 1 is 1.07 bits per heavy atom. The maximum Gasteiger partial charge on any atom is 0.233 e. The van der Waals surface area contributed by atoms with Crippen molar-refractivity contribution in [2.75, 3.05) is 59.9 Å². The number of hydrogen-bond acceptors (Lipinski definition) is 4. The van der Waals surface area contributed by atoms with Crippen LogP contribution in [0.15, 0.2) is 4.99 Å². The van der Waals surface area contributed by atoms with Gasteiger partial charge < -0.3 is 20.9 Å². The van der Waals surface area contributed by atoms with E-state index < -0.39 is 0 Å². The first kappa shape index (κ1) is 24.4. The Balaban J connectivity index is 0.00000364. The average Bonchev–Trinajstić information content (AvgIpc) is 2.69. The summed E-state index contributed by atoms with van der Waals surface area (Å²) in [6, 6.07) is 0.440. The standard InChI is InChI=1S/C19H38N6O.HI/c1-4-24-11-6-16(7-12-24)5-10-22-19(21-3)23-17-8-13-25(14-9-17)15-18(26)20-2;/h16-17H,4-15H2,1-3H3,(H,20,26)(H2,21,22,23);1H. The molecule has 0 aliphatic carbocycles. The number of guanidine groups is 1. The van der Waals surface area contributed by atoms with E-state index in [1.54, 1.807) is 7.05 Å². The second-order valence-electron chi connectivity index (χ2n) is 7.53. The van der Waals surface area contributed by atoms with Crippen LogP contribution in [0.5, 0.6) is 0 Å². The summed E-state index contributed by atoms with van der Waals surface area (Å²) >= 11 is 0. The molecule has 0 aromatic carbocycles. The van der Waals surface area contributed by atoms with Crippen molar-refractivity contribution in [3.05, 3.63) is 0 Å². The zero-order valence-corrected chi connectivity index (χ0v) is 19.6. The fraction of sp³-hybridized carbons (Fsp3) is 0.895. The minimum Gasteiger partial charge on any atom is -0.358 e. The van der Waals surface area contributed by atoms with Gasteiger partial charge in [-0.15, -0.1) is 24.0 Å². The molecule has 2 fully saturated rings. The molecule has 8 heteroatoms. The van der Waals surface area contributed by atoms with Gasteiger partial charge in [0.1, 0.15) is 0 Å². The van der Waals surface area contributed by atoms with E-state index in [1.165, 1.54) is 38.9 Å². The number of hydrogen-bond donors (Lipinski definition) is 3. The van der Waals surface area contributed by atoms with Crippen molar-refractivity contribution < 1.29 is 4.79 Å². The van der Waals surface area contributed by atoms with E-state index in [-0.39, 0.29) is 29.9 Å². The smallest absolute Gasteiger partial charge is 0.233 e. The van der Waals surface area contributed by atoms with E-state index in [0.29, 0.717) is 12.6 Å². The van der Waals surface area contributed by atoms with Gasteiger partial charge >= 0.3 is 0 Å². The van der Waals surface area contributed by atoms with Crippen LogP contribution in [0.2, 0.25) is 0 Å². The molecule has 0 atom stereocenters. The minimum absolute atomic E-state index is 0. The van der Waals surface area contributed by atoms with Crippen LogP contribution in [0.25, 0.3) is 0 Å². The highest BCUT2D eigenvalue weighted by atomic mass is 127. The van der Waals surface area contributed by atoms with E-state index in [1.807, 2.05) is 7.05 Å². The van der Waals surface area contributed by atoms with Gasteiger partial charge in [0, 0.05) is 39.8 Å². The molecule has 2 rings (SSSR count). The summed E-state index contributed by atoms with van der Waals surface area (Å²) in [5.41, 5.74) is 0. The summed E-state index contributed by atoms with van der Waals surface area (Å²) in [7, 11) is 3.54. The van der Waals surface area contributed by atoms with Crippen molar-refractivity contribution in [1.82, 2.24) is 25.8 Å². The summed E-state index contributed by atoms with van der Waals surface area (Å²) in [5.74, 6) is 1.86. The number of halogens is 1. The van der Waals surface area contributed by atoms with E-state index in [0.717, 1.165) is 44.4 Å². The second kappa shape index (κ2) is 13.5. The van der Waals surface area contributed by atoms with Crippen molar-refractivity contribution in [1.29, 1.82) is 0 Å². The van der Waals surface area contributed by atoms with Crippen LogP contribution in [0.4, 0.5) is 0 Å². The number of aliphatic imine (C=N–C) groups is 1. The predicted molar refractivity (Wildman–Crippen MR) is 123 cm³/mol. The first-order valence-corrected chi connectivity index (χ1v) is 10.3. The third-order valence-corrected chi connectivity index (χ3v) is 5.80. The van der Waals surface area contributed by atoms with Gasteiger partial charge in [-0.3, -0.25) is 14.7 Å². The largest absolute Gasteiger partial charge is 0.358 e. The van der Waals surface area contributed by atoms with Crippen LogP contribution in [0, 0.1) is 5.92 Å². The van der Waals surface area contributed by atoms with Gasteiger partial charge in [-0.2, -0.15) is 0 Å². The minimum atomic E-state index is 0. The van der Waals surface area contributed by atoms with Gasteiger partial charge in [0.05, 0.1) is 6.54 Å². The number of piperidine rings is 2. The molecule has 0 aromatic rings. The molecular formula is C19H39IN6O. The van der Waals surface area contributed by atoms with Gasteiger partial charge in [0.2, 0.25) is 5.91 Å². The lowest BCUT2D eigenvalue weighted by atomic mass is 9.93. The molecule has 27 heavy (non-hydrogen) atoms. The number of likely N-dealkylation sites (N-methyl/N-ethyl adjacent to an activating group) is 1. The number of nitrogens with zero attached hydrogens (tertiary/aromatic N) is 3. The van der Waals surface area contributed by atoms with Crippen LogP contribution >= 0.6 is 24.0 Å². The van der Waals surface area contributed by atoms with Crippen molar-refractivity contribution in [2.24, 2.45) is 10.9 Å². The normalized spacial score (nSPS) is 20.8. The van der Waals surface area contributed by atoms with Crippen LogP contribution in [0.3, 0.4) is 0 Å². The number of nitrogens with one attached hydrogen (secondary N) is 3. The summed E-state index contributed by atoms with van der Waals surface area (Å²) in [4.78, 5) is 20.6. The average molecular weight is 494 g/mol. The van der Waals surface area contributed by atoms with Gasteiger partial charge in [-0.05, 0) is 57.7 Å². The molecule has 0 unspecified atom stereocenters. The summed E-state index contributed by atoms with van der Waals surface area (Å²) in [6.07, 6.45) is 5.97. The molecule has 2 aliphatic rings. The molecule has 0 radical (unpaired) electrons. The quantitative estimate of drug-likeness (QED) is 0.281. The summed E-state index contributed by atoms with van der Waals surface area (Å²) in [5, 5.41) is 9.73. The van der Waals surface area contributed by atoms with Crippen LogP contribution < -0.4 is 16.0 Å². The fourth-order valence-electron chi connectivity index (χ4n) is 3.89. The molecule has 1 amide bonds. The van der Waals surface area contributed by atoms with E-state index in [9.17, 15) is 4.79 Å². The number of rotatable bonds is 7. The zero-order chi connectivity index (χ0) is 18.8. The van der Waals surface area contributed by atoms with E-state index in [4.69, 9.17) is 0 Å². The Kier molecular flexibility index (Phi) is 12.3. The van der Waals surface area contributed by atoms with Crippen LogP contribution in [-0.2, 0) is 4.79 Å². The predicted octanol–water partition coefficient (Wildman–Crippen LogP) is 1.10. The maximum atomic E-state index is 11.5. The number of carbonyl (C=O) groups excluding carboxylic acids is 1. The summed E-state index contributed by atoms with van der Waals surface area (Å²) in [6.45, 7) is 9.35. The van der Waals surface area contributed by atoms with Crippen molar-refractivity contribution >= 4 is 35.8 Å². The fourth-order valence-corrected chi connectivity index (χ4v) is 3.89. The third kappa shape index (κ3) is 8.95. The molecule has 2 saturated heterocycles. The highest BCUT2D eigenvalue weighted by molar-refractivity contribution is 14.0. The monoisotopic (exact) mass is 494 g/mol. The molecule has 2 aliphatic heterocycles. The molecule has 0 saturated carbocycles. The lowest BCUT2D eigenvalue weighted by Gasteiger charge is -2.33. The highest BCUT2D eigenvalue weighted by Gasteiger charge is 2.21. The van der Waals surface area contributed by atoms with Gasteiger partial charge in [-0.25, -0.2) is 0 Å². The topological polar surface area (TPSA) is 72.0 Å². The molecule has 0 bridgehead atoms.